The molecule has 0 aromatic heterocycles. The van der Waals surface area contributed by atoms with Crippen molar-refractivity contribution in [2.45, 2.75) is 64.1 Å². The Balaban J connectivity index is 0.772. The van der Waals surface area contributed by atoms with Crippen LogP contribution in [0.25, 0.3) is 0 Å². The molecule has 3 atom stereocenters. The van der Waals surface area contributed by atoms with Crippen LogP contribution < -0.4 is 25.2 Å². The predicted molar refractivity (Wildman–Crippen MR) is 213 cm³/mol. The number of carbonyl (C=O) groups is 5. The number of nitrogens with zero attached hydrogens (tertiary/aromatic N) is 5. The lowest BCUT2D eigenvalue weighted by Crippen LogP contribution is -2.63. The average Bonchev–Trinajstić information content (AvgIpc) is 3.46. The monoisotopic (exact) mass is 791 g/mol. The van der Waals surface area contributed by atoms with Crippen LogP contribution in [0, 0.1) is 22.7 Å². The third-order valence-electron chi connectivity index (χ3n) is 12.6. The minimum atomic E-state index is -0.971. The number of anilines is 2. The van der Waals surface area contributed by atoms with E-state index in [0.717, 1.165) is 74.9 Å². The van der Waals surface area contributed by atoms with Gasteiger partial charge in [-0.3, -0.25) is 39.1 Å². The quantitative estimate of drug-likeness (QED) is 0.293. The molecule has 1 aliphatic carbocycles. The number of halogens is 1. The molecule has 296 valence electrons. The van der Waals surface area contributed by atoms with Gasteiger partial charge < -0.3 is 19.9 Å². The summed E-state index contributed by atoms with van der Waals surface area (Å²) in [5.74, 6) is -0.906. The molecule has 5 aliphatic rings. The molecule has 0 radical (unpaired) electrons. The van der Waals surface area contributed by atoms with Crippen LogP contribution in [0.2, 0.25) is 5.02 Å². The highest BCUT2D eigenvalue weighted by Gasteiger charge is 2.51. The first-order chi connectivity index (χ1) is 27.4. The first kappa shape index (κ1) is 38.4. The van der Waals surface area contributed by atoms with E-state index in [2.05, 4.69) is 45.3 Å². The molecule has 0 spiro atoms. The zero-order valence-corrected chi connectivity index (χ0v) is 32.9. The standard InChI is InChI=1S/C43H46ClN7O6/c1-43(2)36(23-37(43)57-31-9-5-28(24-45)34(44)22-31)46-39(53)27-3-6-29(7-4-27)50-19-17-48(18-20-50)25-26-13-15-49(16-14-26)30-8-10-32-33(21-30)42(56)51(41(32)55)35-11-12-38(52)47-40(35)54/h3-10,21-22,26,35-37H,11-20,23,25H2,1-2H3,(H,46,53)(H,47,52,54). The van der Waals surface area contributed by atoms with Gasteiger partial charge in [-0.15, -0.1) is 0 Å². The summed E-state index contributed by atoms with van der Waals surface area (Å²) < 4.78 is 6.17. The number of hydrogen-bond acceptors (Lipinski definition) is 10. The molecule has 2 N–H and O–H groups in total. The van der Waals surface area contributed by atoms with Crippen LogP contribution in [0.1, 0.15) is 82.6 Å². The van der Waals surface area contributed by atoms with E-state index in [4.69, 9.17) is 21.6 Å². The van der Waals surface area contributed by atoms with Crippen molar-refractivity contribution in [3.63, 3.8) is 0 Å². The smallest absolute Gasteiger partial charge is 0.262 e. The minimum Gasteiger partial charge on any atom is -0.490 e. The molecule has 0 bridgehead atoms. The summed E-state index contributed by atoms with van der Waals surface area (Å²) in [4.78, 5) is 71.9. The highest BCUT2D eigenvalue weighted by Crippen LogP contribution is 2.43. The van der Waals surface area contributed by atoms with Crippen LogP contribution in [-0.2, 0) is 9.59 Å². The van der Waals surface area contributed by atoms with Crippen LogP contribution in [0.15, 0.2) is 60.7 Å². The number of rotatable bonds is 9. The third-order valence-corrected chi connectivity index (χ3v) is 12.9. The summed E-state index contributed by atoms with van der Waals surface area (Å²) in [6.07, 6.45) is 2.85. The molecule has 3 saturated heterocycles. The summed E-state index contributed by atoms with van der Waals surface area (Å²) in [6, 6.07) is 19.3. The molecular formula is C43H46ClN7O6. The van der Waals surface area contributed by atoms with Gasteiger partial charge in [0.15, 0.2) is 0 Å². The topological polar surface area (TPSA) is 155 Å². The van der Waals surface area contributed by atoms with E-state index in [0.29, 0.717) is 45.4 Å². The lowest BCUT2D eigenvalue weighted by molar-refractivity contribution is -0.136. The van der Waals surface area contributed by atoms with Gasteiger partial charge in [-0.1, -0.05) is 25.4 Å². The lowest BCUT2D eigenvalue weighted by Gasteiger charge is -2.51. The molecule has 3 unspecified atom stereocenters. The summed E-state index contributed by atoms with van der Waals surface area (Å²) in [6.45, 7) is 10.6. The number of nitriles is 1. The molecule has 3 aromatic rings. The van der Waals surface area contributed by atoms with Crippen LogP contribution in [0.5, 0.6) is 5.75 Å². The van der Waals surface area contributed by atoms with E-state index < -0.39 is 29.7 Å². The van der Waals surface area contributed by atoms with Gasteiger partial charge in [0.05, 0.1) is 21.7 Å². The van der Waals surface area contributed by atoms with E-state index in [1.165, 1.54) is 0 Å². The first-order valence-corrected chi connectivity index (χ1v) is 20.1. The second kappa shape index (κ2) is 15.5. The van der Waals surface area contributed by atoms with Gasteiger partial charge >= 0.3 is 0 Å². The second-order valence-electron chi connectivity index (χ2n) is 16.4. The Morgan fingerprint density at radius 1 is 0.877 bits per heavy atom. The van der Waals surface area contributed by atoms with Gasteiger partial charge in [0.25, 0.3) is 17.7 Å². The zero-order valence-electron chi connectivity index (χ0n) is 32.1. The highest BCUT2D eigenvalue weighted by atomic mass is 35.5. The SMILES string of the molecule is CC1(C)C(NC(=O)c2ccc(N3CCN(CC4CCN(c5ccc6c(c5)C(=O)N(C5CCC(=O)NC5=O)C6=O)CC4)CC3)cc2)CC1Oc1ccc(C#N)c(Cl)c1. The van der Waals surface area contributed by atoms with E-state index >= 15 is 0 Å². The van der Waals surface area contributed by atoms with Crippen molar-refractivity contribution in [1.29, 1.82) is 5.26 Å². The Bertz CT molecular complexity index is 2150. The van der Waals surface area contributed by atoms with E-state index in [-0.39, 0.29) is 36.3 Å². The number of benzene rings is 3. The Labute approximate surface area is 336 Å². The van der Waals surface area contributed by atoms with Crippen LogP contribution in [0.3, 0.4) is 0 Å². The van der Waals surface area contributed by atoms with Gasteiger partial charge in [0, 0.05) is 93.1 Å². The lowest BCUT2D eigenvalue weighted by atomic mass is 9.64. The number of ether oxygens (including phenoxy) is 1. The second-order valence-corrected chi connectivity index (χ2v) is 16.8. The van der Waals surface area contributed by atoms with Crippen molar-refractivity contribution in [3.8, 4) is 11.8 Å². The van der Waals surface area contributed by atoms with Crippen molar-refractivity contribution in [2.75, 3.05) is 55.6 Å². The fourth-order valence-corrected chi connectivity index (χ4v) is 9.02. The Kier molecular flexibility index (Phi) is 10.4. The molecular weight excluding hydrogens is 746 g/mol. The van der Waals surface area contributed by atoms with Gasteiger partial charge in [0.1, 0.15) is 24.0 Å². The molecule has 57 heavy (non-hydrogen) atoms. The van der Waals surface area contributed by atoms with Gasteiger partial charge in [-0.2, -0.15) is 5.26 Å². The maximum Gasteiger partial charge on any atom is 0.262 e. The van der Waals surface area contributed by atoms with Crippen molar-refractivity contribution in [1.82, 2.24) is 20.4 Å². The number of piperidine rings is 2. The largest absolute Gasteiger partial charge is 0.490 e. The molecule has 3 aromatic carbocycles. The highest BCUT2D eigenvalue weighted by molar-refractivity contribution is 6.31. The number of fused-ring (bicyclic) bond motifs is 1. The van der Waals surface area contributed by atoms with E-state index in [1.807, 2.05) is 30.3 Å². The zero-order chi connectivity index (χ0) is 40.0. The van der Waals surface area contributed by atoms with E-state index in [1.54, 1.807) is 30.3 Å². The number of imide groups is 2. The fraction of sp³-hybridized carbons (Fsp3) is 0.442. The van der Waals surface area contributed by atoms with Crippen molar-refractivity contribution in [3.05, 3.63) is 87.9 Å². The Morgan fingerprint density at radius 3 is 2.23 bits per heavy atom. The Hall–Kier alpha value is -5.45. The number of piperazine rings is 1. The normalized spacial score (nSPS) is 23.8. The summed E-state index contributed by atoms with van der Waals surface area (Å²) in [5, 5.41) is 14.9. The molecule has 8 rings (SSSR count). The van der Waals surface area contributed by atoms with Crippen LogP contribution >= 0.6 is 11.6 Å². The number of amides is 5. The fourth-order valence-electron chi connectivity index (χ4n) is 8.80. The van der Waals surface area contributed by atoms with Crippen molar-refractivity contribution < 1.29 is 28.7 Å². The number of carbonyl (C=O) groups excluding carboxylic acids is 5. The average molecular weight is 792 g/mol. The predicted octanol–water partition coefficient (Wildman–Crippen LogP) is 4.63. The van der Waals surface area contributed by atoms with Crippen LogP contribution in [0.4, 0.5) is 11.4 Å². The van der Waals surface area contributed by atoms with E-state index in [9.17, 15) is 24.0 Å². The van der Waals surface area contributed by atoms with Gasteiger partial charge in [-0.25, -0.2) is 0 Å². The molecule has 14 heteroatoms. The van der Waals surface area contributed by atoms with Gasteiger partial charge in [-0.05, 0) is 79.8 Å². The summed E-state index contributed by atoms with van der Waals surface area (Å²) >= 11 is 6.18. The molecule has 4 fully saturated rings. The van der Waals surface area contributed by atoms with Crippen molar-refractivity contribution in [2.24, 2.45) is 11.3 Å². The minimum absolute atomic E-state index is 0.0413. The molecule has 4 aliphatic heterocycles. The summed E-state index contributed by atoms with van der Waals surface area (Å²) in [5.41, 5.74) is 3.35. The molecule has 1 saturated carbocycles. The maximum atomic E-state index is 13.3. The van der Waals surface area contributed by atoms with Gasteiger partial charge in [0.2, 0.25) is 11.8 Å². The van der Waals surface area contributed by atoms with Crippen molar-refractivity contribution >= 4 is 52.5 Å². The molecule has 4 heterocycles. The van der Waals surface area contributed by atoms with Crippen LogP contribution in [-0.4, -0.2) is 103 Å². The summed E-state index contributed by atoms with van der Waals surface area (Å²) in [7, 11) is 0. The first-order valence-electron chi connectivity index (χ1n) is 19.7. The number of hydrogen-bond donors (Lipinski definition) is 2. The Morgan fingerprint density at radius 2 is 1.56 bits per heavy atom. The molecule has 13 nitrogen and oxygen atoms in total. The molecule has 5 amide bonds. The number of nitrogens with one attached hydrogen (secondary N) is 2. The third kappa shape index (κ3) is 7.56. The maximum absolute atomic E-state index is 13.3.